The molecule has 0 amide bonds. The number of guanidine groups is 1. The molecule has 25 heavy (non-hydrogen) atoms. The number of nitrogens with zero attached hydrogens (tertiary/aromatic N) is 2. The Balaban J connectivity index is 0.00000312. The van der Waals surface area contributed by atoms with Crippen LogP contribution in [-0.4, -0.2) is 56.7 Å². The van der Waals surface area contributed by atoms with Gasteiger partial charge in [0.05, 0.1) is 7.11 Å². The number of likely N-dealkylation sites (tertiary alicyclic amines) is 1. The third kappa shape index (κ3) is 7.40. The lowest BCUT2D eigenvalue weighted by molar-refractivity contribution is 0.167. The van der Waals surface area contributed by atoms with Gasteiger partial charge < -0.3 is 20.3 Å². The summed E-state index contributed by atoms with van der Waals surface area (Å²) >= 11 is 0. The van der Waals surface area contributed by atoms with Crippen molar-refractivity contribution < 1.29 is 4.74 Å². The zero-order valence-electron chi connectivity index (χ0n) is 15.9. The lowest BCUT2D eigenvalue weighted by Gasteiger charge is -2.35. The molecule has 2 N–H and O–H groups in total. The van der Waals surface area contributed by atoms with Gasteiger partial charge in [-0.15, -0.1) is 24.0 Å². The van der Waals surface area contributed by atoms with Crippen LogP contribution in [0.3, 0.4) is 0 Å². The van der Waals surface area contributed by atoms with E-state index in [1.54, 1.807) is 7.11 Å². The minimum atomic E-state index is 0. The fraction of sp³-hybridized carbons (Fsp3) is 0.632. The number of halogens is 1. The van der Waals surface area contributed by atoms with Crippen LogP contribution < -0.4 is 15.4 Å². The molecule has 6 heteroatoms. The van der Waals surface area contributed by atoms with Crippen molar-refractivity contribution in [3.63, 3.8) is 0 Å². The van der Waals surface area contributed by atoms with Gasteiger partial charge in [0.1, 0.15) is 5.75 Å². The van der Waals surface area contributed by atoms with Crippen LogP contribution >= 0.6 is 24.0 Å². The van der Waals surface area contributed by atoms with Gasteiger partial charge in [-0.05, 0) is 50.8 Å². The summed E-state index contributed by atoms with van der Waals surface area (Å²) in [7, 11) is 3.54. The molecule has 1 aromatic rings. The Bertz CT molecular complexity index is 528. The lowest BCUT2D eigenvalue weighted by Crippen LogP contribution is -2.50. The van der Waals surface area contributed by atoms with Gasteiger partial charge in [0.2, 0.25) is 0 Å². The van der Waals surface area contributed by atoms with E-state index in [0.29, 0.717) is 12.1 Å². The zero-order chi connectivity index (χ0) is 17.4. The monoisotopic (exact) mass is 460 g/mol. The third-order valence-electron chi connectivity index (χ3n) is 4.66. The van der Waals surface area contributed by atoms with Crippen molar-refractivity contribution in [1.82, 2.24) is 15.5 Å². The van der Waals surface area contributed by atoms with Gasteiger partial charge in [-0.25, -0.2) is 0 Å². The maximum atomic E-state index is 5.27. The Morgan fingerprint density at radius 3 is 2.64 bits per heavy atom. The summed E-state index contributed by atoms with van der Waals surface area (Å²) in [5.74, 6) is 1.81. The molecular weight excluding hydrogens is 427 g/mol. The maximum absolute atomic E-state index is 5.27. The highest BCUT2D eigenvalue weighted by Crippen LogP contribution is 2.13. The number of benzene rings is 1. The standard InChI is InChI=1S/C19H32N4O.HI/c1-15(2)23-12-9-17(10-13-23)22-19(20-3)21-11-8-16-6-5-7-18(14-16)24-4;/h5-7,14-15,17H,8-13H2,1-4H3,(H2,20,21,22);1H. The highest BCUT2D eigenvalue weighted by molar-refractivity contribution is 14.0. The van der Waals surface area contributed by atoms with Crippen molar-refractivity contribution in [2.75, 3.05) is 33.8 Å². The Kier molecular flexibility index (Phi) is 10.2. The molecule has 0 atom stereocenters. The van der Waals surface area contributed by atoms with E-state index in [2.05, 4.69) is 46.5 Å². The fourth-order valence-electron chi connectivity index (χ4n) is 3.10. The van der Waals surface area contributed by atoms with Crippen LogP contribution in [0.15, 0.2) is 29.3 Å². The second-order valence-electron chi connectivity index (χ2n) is 6.65. The van der Waals surface area contributed by atoms with Crippen LogP contribution in [0, 0.1) is 0 Å². The number of piperidine rings is 1. The minimum Gasteiger partial charge on any atom is -0.497 e. The predicted molar refractivity (Wildman–Crippen MR) is 116 cm³/mol. The highest BCUT2D eigenvalue weighted by Gasteiger charge is 2.21. The second-order valence-corrected chi connectivity index (χ2v) is 6.65. The molecular formula is C19H33IN4O. The first-order chi connectivity index (χ1) is 11.6. The van der Waals surface area contributed by atoms with E-state index in [4.69, 9.17) is 4.74 Å². The summed E-state index contributed by atoms with van der Waals surface area (Å²) in [6.45, 7) is 7.73. The smallest absolute Gasteiger partial charge is 0.191 e. The van der Waals surface area contributed by atoms with Crippen LogP contribution in [0.4, 0.5) is 0 Å². The Labute approximate surface area is 169 Å². The van der Waals surface area contributed by atoms with Gasteiger partial charge in [-0.2, -0.15) is 0 Å². The summed E-state index contributed by atoms with van der Waals surface area (Å²) in [5, 5.41) is 6.98. The van der Waals surface area contributed by atoms with Crippen LogP contribution in [0.2, 0.25) is 0 Å². The molecule has 0 aliphatic carbocycles. The number of hydrogen-bond acceptors (Lipinski definition) is 3. The number of hydrogen-bond donors (Lipinski definition) is 2. The molecule has 1 fully saturated rings. The molecule has 0 aromatic heterocycles. The third-order valence-corrected chi connectivity index (χ3v) is 4.66. The van der Waals surface area contributed by atoms with Crippen LogP contribution in [0.25, 0.3) is 0 Å². The molecule has 0 bridgehead atoms. The molecule has 1 aromatic carbocycles. The van der Waals surface area contributed by atoms with Gasteiger partial charge in [0, 0.05) is 38.8 Å². The van der Waals surface area contributed by atoms with Gasteiger partial charge >= 0.3 is 0 Å². The number of nitrogens with one attached hydrogen (secondary N) is 2. The first-order valence-corrected chi connectivity index (χ1v) is 8.96. The Hall–Kier alpha value is -1.02. The van der Waals surface area contributed by atoms with Crippen LogP contribution in [0.5, 0.6) is 5.75 Å². The molecule has 1 saturated heterocycles. The largest absolute Gasteiger partial charge is 0.497 e. The summed E-state index contributed by atoms with van der Waals surface area (Å²) < 4.78 is 5.27. The molecule has 1 heterocycles. The first-order valence-electron chi connectivity index (χ1n) is 8.96. The normalized spacial score (nSPS) is 16.4. The van der Waals surface area contributed by atoms with Crippen LogP contribution in [0.1, 0.15) is 32.3 Å². The number of ether oxygens (including phenoxy) is 1. The van der Waals surface area contributed by atoms with E-state index >= 15 is 0 Å². The van der Waals surface area contributed by atoms with Crippen LogP contribution in [-0.2, 0) is 6.42 Å². The summed E-state index contributed by atoms with van der Waals surface area (Å²) in [5.41, 5.74) is 1.27. The Morgan fingerprint density at radius 1 is 1.32 bits per heavy atom. The highest BCUT2D eigenvalue weighted by atomic mass is 127. The molecule has 0 unspecified atom stereocenters. The zero-order valence-corrected chi connectivity index (χ0v) is 18.2. The maximum Gasteiger partial charge on any atom is 0.191 e. The van der Waals surface area contributed by atoms with Crippen molar-refractivity contribution in [1.29, 1.82) is 0 Å². The molecule has 142 valence electrons. The predicted octanol–water partition coefficient (Wildman–Crippen LogP) is 2.89. The van der Waals surface area contributed by atoms with E-state index < -0.39 is 0 Å². The van der Waals surface area contributed by atoms with Crippen molar-refractivity contribution >= 4 is 29.9 Å². The van der Waals surface area contributed by atoms with Gasteiger partial charge in [0.15, 0.2) is 5.96 Å². The van der Waals surface area contributed by atoms with E-state index in [1.807, 2.05) is 19.2 Å². The van der Waals surface area contributed by atoms with E-state index in [0.717, 1.165) is 37.8 Å². The topological polar surface area (TPSA) is 48.9 Å². The number of rotatable bonds is 6. The fourth-order valence-corrected chi connectivity index (χ4v) is 3.10. The van der Waals surface area contributed by atoms with Crippen molar-refractivity contribution in [2.45, 2.75) is 45.2 Å². The van der Waals surface area contributed by atoms with Gasteiger partial charge in [-0.3, -0.25) is 4.99 Å². The SMILES string of the molecule is CN=C(NCCc1cccc(OC)c1)NC1CCN(C(C)C)CC1.I. The van der Waals surface area contributed by atoms with E-state index in [1.165, 1.54) is 18.4 Å². The molecule has 1 aliphatic heterocycles. The van der Waals surface area contributed by atoms with Crippen molar-refractivity contribution in [3.05, 3.63) is 29.8 Å². The quantitative estimate of drug-likeness (QED) is 0.390. The number of aliphatic imine (C=N–C) groups is 1. The first kappa shape index (κ1) is 22.0. The molecule has 0 radical (unpaired) electrons. The summed E-state index contributed by atoms with van der Waals surface area (Å²) in [6, 6.07) is 9.38. The van der Waals surface area contributed by atoms with Crippen molar-refractivity contribution in [2.24, 2.45) is 4.99 Å². The average Bonchev–Trinajstić information content (AvgIpc) is 2.61. The van der Waals surface area contributed by atoms with E-state index in [9.17, 15) is 0 Å². The van der Waals surface area contributed by atoms with Crippen molar-refractivity contribution in [3.8, 4) is 5.75 Å². The lowest BCUT2D eigenvalue weighted by atomic mass is 10.0. The summed E-state index contributed by atoms with van der Waals surface area (Å²) in [6.07, 6.45) is 3.30. The second kappa shape index (κ2) is 11.6. The van der Waals surface area contributed by atoms with Gasteiger partial charge in [-0.1, -0.05) is 12.1 Å². The molecule has 5 nitrogen and oxygen atoms in total. The Morgan fingerprint density at radius 2 is 2.04 bits per heavy atom. The van der Waals surface area contributed by atoms with E-state index in [-0.39, 0.29) is 24.0 Å². The van der Waals surface area contributed by atoms with Gasteiger partial charge in [0.25, 0.3) is 0 Å². The average molecular weight is 460 g/mol. The minimum absolute atomic E-state index is 0. The number of methoxy groups -OCH3 is 1. The molecule has 2 rings (SSSR count). The molecule has 0 saturated carbocycles. The summed E-state index contributed by atoms with van der Waals surface area (Å²) in [4.78, 5) is 6.90. The molecule has 0 spiro atoms. The molecule has 1 aliphatic rings.